The molecule has 1 aromatic rings. The molecule has 0 unspecified atom stereocenters. The van der Waals surface area contributed by atoms with Crippen molar-refractivity contribution in [3.05, 3.63) is 35.4 Å². The SMILES string of the molecule is CCCc1cccc(C(=O)NCC(=O)NCC)c1. The minimum absolute atomic E-state index is 0.0185. The minimum atomic E-state index is -0.209. The Bertz CT molecular complexity index is 416. The molecule has 0 aliphatic heterocycles. The standard InChI is InChI=1S/C14H20N2O2/c1-3-6-11-7-5-8-12(9-11)14(18)16-10-13(17)15-4-2/h5,7-9H,3-4,6,10H2,1-2H3,(H,15,17)(H,16,18). The van der Waals surface area contributed by atoms with Crippen LogP contribution in [0.2, 0.25) is 0 Å². The number of nitrogens with one attached hydrogen (secondary N) is 2. The summed E-state index contributed by atoms with van der Waals surface area (Å²) in [6, 6.07) is 7.50. The van der Waals surface area contributed by atoms with Gasteiger partial charge >= 0.3 is 0 Å². The van der Waals surface area contributed by atoms with E-state index in [0.29, 0.717) is 12.1 Å². The molecule has 1 rings (SSSR count). The first-order chi connectivity index (χ1) is 8.67. The van der Waals surface area contributed by atoms with Gasteiger partial charge in [-0.2, -0.15) is 0 Å². The summed E-state index contributed by atoms with van der Waals surface area (Å²) in [6.45, 7) is 4.53. The van der Waals surface area contributed by atoms with Gasteiger partial charge in [-0.1, -0.05) is 25.5 Å². The van der Waals surface area contributed by atoms with Crippen LogP contribution in [0.15, 0.2) is 24.3 Å². The molecule has 4 nitrogen and oxygen atoms in total. The van der Waals surface area contributed by atoms with E-state index in [0.717, 1.165) is 18.4 Å². The molecule has 0 fully saturated rings. The number of hydrogen-bond donors (Lipinski definition) is 2. The topological polar surface area (TPSA) is 58.2 Å². The van der Waals surface area contributed by atoms with E-state index in [-0.39, 0.29) is 18.4 Å². The summed E-state index contributed by atoms with van der Waals surface area (Å²) in [7, 11) is 0. The van der Waals surface area contributed by atoms with Crippen molar-refractivity contribution in [2.24, 2.45) is 0 Å². The molecule has 2 N–H and O–H groups in total. The molecule has 0 saturated heterocycles. The molecule has 0 heterocycles. The van der Waals surface area contributed by atoms with Crippen LogP contribution in [-0.4, -0.2) is 24.9 Å². The summed E-state index contributed by atoms with van der Waals surface area (Å²) in [4.78, 5) is 23.0. The van der Waals surface area contributed by atoms with Gasteiger partial charge < -0.3 is 10.6 Å². The Hall–Kier alpha value is -1.84. The quantitative estimate of drug-likeness (QED) is 0.801. The summed E-state index contributed by atoms with van der Waals surface area (Å²) >= 11 is 0. The van der Waals surface area contributed by atoms with Crippen LogP contribution in [0.5, 0.6) is 0 Å². The van der Waals surface area contributed by atoms with Crippen molar-refractivity contribution in [3.8, 4) is 0 Å². The summed E-state index contributed by atoms with van der Waals surface area (Å²) in [6.07, 6.45) is 2.00. The first-order valence-electron chi connectivity index (χ1n) is 6.31. The van der Waals surface area contributed by atoms with Crippen molar-refractivity contribution >= 4 is 11.8 Å². The number of amides is 2. The van der Waals surface area contributed by atoms with Gasteiger partial charge in [-0.05, 0) is 31.0 Å². The molecule has 0 saturated carbocycles. The molecule has 4 heteroatoms. The predicted octanol–water partition coefficient (Wildman–Crippen LogP) is 1.50. The molecule has 0 aliphatic rings. The van der Waals surface area contributed by atoms with Crippen LogP contribution in [-0.2, 0) is 11.2 Å². The van der Waals surface area contributed by atoms with Gasteiger partial charge in [0.05, 0.1) is 6.54 Å². The van der Waals surface area contributed by atoms with Crippen molar-refractivity contribution in [1.29, 1.82) is 0 Å². The molecule has 0 spiro atoms. The normalized spacial score (nSPS) is 9.89. The van der Waals surface area contributed by atoms with Gasteiger partial charge in [0.2, 0.25) is 5.91 Å². The zero-order valence-electron chi connectivity index (χ0n) is 11.0. The van der Waals surface area contributed by atoms with E-state index in [1.54, 1.807) is 6.07 Å². The molecule has 2 amide bonds. The largest absolute Gasteiger partial charge is 0.355 e. The lowest BCUT2D eigenvalue weighted by molar-refractivity contribution is -0.120. The number of carbonyl (C=O) groups excluding carboxylic acids is 2. The van der Waals surface area contributed by atoms with E-state index in [9.17, 15) is 9.59 Å². The lowest BCUT2D eigenvalue weighted by Gasteiger charge is -2.06. The smallest absolute Gasteiger partial charge is 0.251 e. The summed E-state index contributed by atoms with van der Waals surface area (Å²) in [5.41, 5.74) is 1.74. The van der Waals surface area contributed by atoms with E-state index < -0.39 is 0 Å². The van der Waals surface area contributed by atoms with Crippen LogP contribution in [0.1, 0.15) is 36.2 Å². The van der Waals surface area contributed by atoms with Crippen molar-refractivity contribution in [2.75, 3.05) is 13.1 Å². The second-order valence-corrected chi connectivity index (χ2v) is 4.09. The highest BCUT2D eigenvalue weighted by atomic mass is 16.2. The Morgan fingerprint density at radius 3 is 2.61 bits per heavy atom. The van der Waals surface area contributed by atoms with E-state index in [1.165, 1.54) is 0 Å². The average Bonchev–Trinajstić information content (AvgIpc) is 2.37. The first kappa shape index (κ1) is 14.2. The Labute approximate surface area is 108 Å². The Balaban J connectivity index is 2.55. The second kappa shape index (κ2) is 7.48. The van der Waals surface area contributed by atoms with Crippen LogP contribution in [0.25, 0.3) is 0 Å². The van der Waals surface area contributed by atoms with Crippen molar-refractivity contribution < 1.29 is 9.59 Å². The molecule has 0 atom stereocenters. The van der Waals surface area contributed by atoms with E-state index in [2.05, 4.69) is 17.6 Å². The first-order valence-corrected chi connectivity index (χ1v) is 6.31. The number of hydrogen-bond acceptors (Lipinski definition) is 2. The number of rotatable bonds is 6. The highest BCUT2D eigenvalue weighted by Gasteiger charge is 2.07. The molecule has 1 aromatic carbocycles. The summed E-state index contributed by atoms with van der Waals surface area (Å²) < 4.78 is 0. The summed E-state index contributed by atoms with van der Waals surface area (Å²) in [5.74, 6) is -0.380. The third-order valence-electron chi connectivity index (χ3n) is 2.51. The van der Waals surface area contributed by atoms with Gasteiger partial charge in [0.1, 0.15) is 0 Å². The molecule has 0 bridgehead atoms. The van der Waals surface area contributed by atoms with Crippen LogP contribution in [0.3, 0.4) is 0 Å². The van der Waals surface area contributed by atoms with Gasteiger partial charge in [0, 0.05) is 12.1 Å². The van der Waals surface area contributed by atoms with E-state index in [4.69, 9.17) is 0 Å². The lowest BCUT2D eigenvalue weighted by atomic mass is 10.1. The third-order valence-corrected chi connectivity index (χ3v) is 2.51. The van der Waals surface area contributed by atoms with Crippen LogP contribution in [0, 0.1) is 0 Å². The van der Waals surface area contributed by atoms with E-state index >= 15 is 0 Å². The summed E-state index contributed by atoms with van der Waals surface area (Å²) in [5, 5.41) is 5.23. The van der Waals surface area contributed by atoms with Crippen LogP contribution >= 0.6 is 0 Å². The Morgan fingerprint density at radius 2 is 1.94 bits per heavy atom. The van der Waals surface area contributed by atoms with Crippen molar-refractivity contribution in [3.63, 3.8) is 0 Å². The van der Waals surface area contributed by atoms with Gasteiger partial charge in [0.15, 0.2) is 0 Å². The van der Waals surface area contributed by atoms with Crippen molar-refractivity contribution in [2.45, 2.75) is 26.7 Å². The Morgan fingerprint density at radius 1 is 1.17 bits per heavy atom. The maximum absolute atomic E-state index is 11.8. The Kier molecular flexibility index (Phi) is 5.91. The number of benzene rings is 1. The fourth-order valence-corrected chi connectivity index (χ4v) is 1.68. The van der Waals surface area contributed by atoms with Crippen molar-refractivity contribution in [1.82, 2.24) is 10.6 Å². The average molecular weight is 248 g/mol. The van der Waals surface area contributed by atoms with Gasteiger partial charge in [-0.3, -0.25) is 9.59 Å². The number of carbonyl (C=O) groups is 2. The zero-order valence-corrected chi connectivity index (χ0v) is 11.0. The fourth-order valence-electron chi connectivity index (χ4n) is 1.68. The molecule has 0 aliphatic carbocycles. The fraction of sp³-hybridized carbons (Fsp3) is 0.429. The van der Waals surface area contributed by atoms with Crippen LogP contribution in [0.4, 0.5) is 0 Å². The lowest BCUT2D eigenvalue weighted by Crippen LogP contribution is -2.36. The third kappa shape index (κ3) is 4.57. The van der Waals surface area contributed by atoms with Crippen LogP contribution < -0.4 is 10.6 Å². The zero-order chi connectivity index (χ0) is 13.4. The van der Waals surface area contributed by atoms with E-state index in [1.807, 2.05) is 25.1 Å². The molecule has 0 radical (unpaired) electrons. The molecule has 18 heavy (non-hydrogen) atoms. The van der Waals surface area contributed by atoms with Gasteiger partial charge in [0.25, 0.3) is 5.91 Å². The number of likely N-dealkylation sites (N-methyl/N-ethyl adjacent to an activating group) is 1. The minimum Gasteiger partial charge on any atom is -0.355 e. The molecule has 98 valence electrons. The monoisotopic (exact) mass is 248 g/mol. The second-order valence-electron chi connectivity index (χ2n) is 4.09. The predicted molar refractivity (Wildman–Crippen MR) is 71.5 cm³/mol. The van der Waals surface area contributed by atoms with Gasteiger partial charge in [-0.25, -0.2) is 0 Å². The molecular formula is C14H20N2O2. The number of aryl methyl sites for hydroxylation is 1. The molecule has 0 aromatic heterocycles. The highest BCUT2D eigenvalue weighted by Crippen LogP contribution is 2.07. The highest BCUT2D eigenvalue weighted by molar-refractivity contribution is 5.96. The van der Waals surface area contributed by atoms with Gasteiger partial charge in [-0.15, -0.1) is 0 Å². The molecular weight excluding hydrogens is 228 g/mol. The maximum atomic E-state index is 11.8. The maximum Gasteiger partial charge on any atom is 0.251 e.